The molecule has 2 aliphatic rings. The monoisotopic (exact) mass is 166 g/mol. The maximum Gasteiger partial charge on any atom is 0.0695 e. The van der Waals surface area contributed by atoms with Crippen LogP contribution in [0, 0.1) is 17.3 Å². The Balaban J connectivity index is 2.36. The second-order valence-corrected chi connectivity index (χ2v) is 4.81. The van der Waals surface area contributed by atoms with Crippen LogP contribution in [-0.2, 0) is 0 Å². The van der Waals surface area contributed by atoms with Crippen LogP contribution >= 0.6 is 0 Å². The maximum atomic E-state index is 10.1. The first-order valence-electron chi connectivity index (χ1n) is 4.92. The van der Waals surface area contributed by atoms with Crippen molar-refractivity contribution >= 4 is 0 Å². The molecule has 2 aliphatic carbocycles. The van der Waals surface area contributed by atoms with Crippen molar-refractivity contribution in [2.45, 2.75) is 39.7 Å². The average molecular weight is 166 g/mol. The number of aliphatic hydroxyl groups excluding tert-OH is 1. The van der Waals surface area contributed by atoms with Crippen molar-refractivity contribution in [3.8, 4) is 0 Å². The van der Waals surface area contributed by atoms with Crippen molar-refractivity contribution in [3.05, 3.63) is 11.6 Å². The molecular formula is C11H18O. The fraction of sp³-hybridized carbons (Fsp3) is 0.818. The van der Waals surface area contributed by atoms with Crippen LogP contribution in [0.1, 0.15) is 33.6 Å². The molecule has 1 fully saturated rings. The third-order valence-electron chi connectivity index (χ3n) is 4.14. The SMILES string of the molecule is CC1=CC2C(C)CCC1(C)C2O. The summed E-state index contributed by atoms with van der Waals surface area (Å²) < 4.78 is 0. The average Bonchev–Trinajstić information content (AvgIpc) is 2.17. The van der Waals surface area contributed by atoms with Gasteiger partial charge in [-0.25, -0.2) is 0 Å². The van der Waals surface area contributed by atoms with Gasteiger partial charge in [0.05, 0.1) is 6.10 Å². The Kier molecular flexibility index (Phi) is 1.63. The van der Waals surface area contributed by atoms with E-state index in [-0.39, 0.29) is 11.5 Å². The predicted octanol–water partition coefficient (Wildman–Crippen LogP) is 2.36. The lowest BCUT2D eigenvalue weighted by Crippen LogP contribution is -2.40. The summed E-state index contributed by atoms with van der Waals surface area (Å²) in [5.41, 5.74) is 1.52. The van der Waals surface area contributed by atoms with Gasteiger partial charge >= 0.3 is 0 Å². The molecule has 1 saturated carbocycles. The summed E-state index contributed by atoms with van der Waals surface area (Å²) in [6.07, 6.45) is 4.61. The zero-order chi connectivity index (χ0) is 8.93. The third kappa shape index (κ3) is 0.832. The first kappa shape index (κ1) is 8.31. The molecule has 2 bridgehead atoms. The predicted molar refractivity (Wildman–Crippen MR) is 49.8 cm³/mol. The minimum absolute atomic E-state index is 0.108. The molecule has 1 heteroatoms. The largest absolute Gasteiger partial charge is 0.392 e. The number of rotatable bonds is 0. The van der Waals surface area contributed by atoms with E-state index in [1.54, 1.807) is 0 Å². The Morgan fingerprint density at radius 2 is 2.25 bits per heavy atom. The lowest BCUT2D eigenvalue weighted by molar-refractivity contribution is -0.00963. The molecular weight excluding hydrogens is 148 g/mol. The highest BCUT2D eigenvalue weighted by Gasteiger charge is 2.48. The van der Waals surface area contributed by atoms with Gasteiger partial charge in [0.15, 0.2) is 0 Å². The van der Waals surface area contributed by atoms with Gasteiger partial charge in [-0.1, -0.05) is 25.5 Å². The van der Waals surface area contributed by atoms with Crippen LogP contribution < -0.4 is 0 Å². The molecule has 0 radical (unpaired) electrons. The van der Waals surface area contributed by atoms with Gasteiger partial charge < -0.3 is 5.11 Å². The van der Waals surface area contributed by atoms with E-state index in [4.69, 9.17) is 0 Å². The van der Waals surface area contributed by atoms with Crippen LogP contribution in [0.4, 0.5) is 0 Å². The van der Waals surface area contributed by atoms with Crippen LogP contribution in [0.5, 0.6) is 0 Å². The fourth-order valence-corrected chi connectivity index (χ4v) is 2.77. The molecule has 0 heterocycles. The van der Waals surface area contributed by atoms with E-state index in [9.17, 15) is 5.11 Å². The Morgan fingerprint density at radius 3 is 2.83 bits per heavy atom. The lowest BCUT2D eigenvalue weighted by Gasteiger charge is -2.40. The Bertz CT molecular complexity index is 231. The molecule has 0 aromatic heterocycles. The Morgan fingerprint density at radius 1 is 1.58 bits per heavy atom. The van der Waals surface area contributed by atoms with Gasteiger partial charge in [0, 0.05) is 11.3 Å². The topological polar surface area (TPSA) is 20.2 Å². The summed E-state index contributed by atoms with van der Waals surface area (Å²) in [6, 6.07) is 0. The molecule has 4 unspecified atom stereocenters. The summed E-state index contributed by atoms with van der Waals surface area (Å²) in [5, 5.41) is 10.1. The molecule has 12 heavy (non-hydrogen) atoms. The maximum absolute atomic E-state index is 10.1. The van der Waals surface area contributed by atoms with E-state index in [0.29, 0.717) is 11.8 Å². The van der Waals surface area contributed by atoms with E-state index < -0.39 is 0 Å². The van der Waals surface area contributed by atoms with Crippen molar-refractivity contribution in [2.75, 3.05) is 0 Å². The van der Waals surface area contributed by atoms with Crippen molar-refractivity contribution < 1.29 is 5.11 Å². The second-order valence-electron chi connectivity index (χ2n) is 4.81. The molecule has 0 saturated heterocycles. The third-order valence-corrected chi connectivity index (χ3v) is 4.14. The molecule has 0 spiro atoms. The highest BCUT2D eigenvalue weighted by Crippen LogP contribution is 2.52. The van der Waals surface area contributed by atoms with Crippen LogP contribution in [-0.4, -0.2) is 11.2 Å². The minimum Gasteiger partial charge on any atom is -0.392 e. The van der Waals surface area contributed by atoms with Crippen LogP contribution in [0.15, 0.2) is 11.6 Å². The first-order chi connectivity index (χ1) is 5.55. The van der Waals surface area contributed by atoms with E-state index in [0.717, 1.165) is 6.42 Å². The van der Waals surface area contributed by atoms with Crippen molar-refractivity contribution in [2.24, 2.45) is 17.3 Å². The molecule has 68 valence electrons. The molecule has 1 N–H and O–H groups in total. The summed E-state index contributed by atoms with van der Waals surface area (Å²) in [4.78, 5) is 0. The fourth-order valence-electron chi connectivity index (χ4n) is 2.77. The number of fused-ring (bicyclic) bond motifs is 2. The molecule has 0 aromatic rings. The molecule has 2 rings (SSSR count). The quantitative estimate of drug-likeness (QED) is 0.548. The van der Waals surface area contributed by atoms with Gasteiger partial charge in [-0.15, -0.1) is 0 Å². The Labute approximate surface area is 74.5 Å². The van der Waals surface area contributed by atoms with E-state index in [2.05, 4.69) is 26.8 Å². The van der Waals surface area contributed by atoms with Crippen molar-refractivity contribution in [3.63, 3.8) is 0 Å². The van der Waals surface area contributed by atoms with Gasteiger partial charge in [0.25, 0.3) is 0 Å². The summed E-state index contributed by atoms with van der Waals surface area (Å²) in [6.45, 7) is 6.62. The molecule has 0 aromatic carbocycles. The highest BCUT2D eigenvalue weighted by atomic mass is 16.3. The highest BCUT2D eigenvalue weighted by molar-refractivity contribution is 5.26. The number of aliphatic hydroxyl groups is 1. The molecule has 0 aliphatic heterocycles. The number of hydrogen-bond donors (Lipinski definition) is 1. The standard InChI is InChI=1S/C11H18O/c1-7-4-5-11(3)8(2)6-9(7)10(11)12/h6-7,9-10,12H,4-5H2,1-3H3. The van der Waals surface area contributed by atoms with Gasteiger partial charge in [-0.3, -0.25) is 0 Å². The number of hydrogen-bond acceptors (Lipinski definition) is 1. The minimum atomic E-state index is -0.110. The van der Waals surface area contributed by atoms with Crippen molar-refractivity contribution in [1.82, 2.24) is 0 Å². The zero-order valence-electron chi connectivity index (χ0n) is 8.17. The smallest absolute Gasteiger partial charge is 0.0695 e. The molecule has 4 atom stereocenters. The van der Waals surface area contributed by atoms with Gasteiger partial charge in [0.1, 0.15) is 0 Å². The second kappa shape index (κ2) is 2.35. The van der Waals surface area contributed by atoms with Crippen LogP contribution in [0.3, 0.4) is 0 Å². The van der Waals surface area contributed by atoms with E-state index in [1.807, 2.05) is 0 Å². The van der Waals surface area contributed by atoms with Gasteiger partial charge in [-0.05, 0) is 25.7 Å². The summed E-state index contributed by atoms with van der Waals surface area (Å²) >= 11 is 0. The normalized spacial score (nSPS) is 52.3. The van der Waals surface area contributed by atoms with Gasteiger partial charge in [-0.2, -0.15) is 0 Å². The van der Waals surface area contributed by atoms with Gasteiger partial charge in [0.2, 0.25) is 0 Å². The van der Waals surface area contributed by atoms with E-state index >= 15 is 0 Å². The summed E-state index contributed by atoms with van der Waals surface area (Å²) in [7, 11) is 0. The molecule has 0 amide bonds. The zero-order valence-corrected chi connectivity index (χ0v) is 8.17. The first-order valence-corrected chi connectivity index (χ1v) is 4.92. The van der Waals surface area contributed by atoms with Crippen LogP contribution in [0.25, 0.3) is 0 Å². The lowest BCUT2D eigenvalue weighted by atomic mass is 9.68. The summed E-state index contributed by atoms with van der Waals surface area (Å²) in [5.74, 6) is 1.11. The Hall–Kier alpha value is -0.300. The molecule has 1 nitrogen and oxygen atoms in total. The van der Waals surface area contributed by atoms with E-state index in [1.165, 1.54) is 12.0 Å². The van der Waals surface area contributed by atoms with Crippen molar-refractivity contribution in [1.29, 1.82) is 0 Å². The van der Waals surface area contributed by atoms with Crippen LogP contribution in [0.2, 0.25) is 0 Å².